The van der Waals surface area contributed by atoms with Crippen LogP contribution in [0.5, 0.6) is 5.75 Å². The van der Waals surface area contributed by atoms with E-state index in [1.54, 1.807) is 24.3 Å². The normalized spacial score (nSPS) is 15.2. The predicted molar refractivity (Wildman–Crippen MR) is 110 cm³/mol. The van der Waals surface area contributed by atoms with E-state index in [1.807, 2.05) is 30.3 Å². The lowest BCUT2D eigenvalue weighted by Gasteiger charge is -2.34. The van der Waals surface area contributed by atoms with Crippen LogP contribution in [0.4, 0.5) is 5.69 Å². The van der Waals surface area contributed by atoms with E-state index in [-0.39, 0.29) is 11.7 Å². The molecule has 1 N–H and O–H groups in total. The molecule has 0 spiro atoms. The van der Waals surface area contributed by atoms with Crippen molar-refractivity contribution in [2.45, 2.75) is 6.92 Å². The van der Waals surface area contributed by atoms with E-state index < -0.39 is 0 Å². The minimum absolute atomic E-state index is 0.0107. The van der Waals surface area contributed by atoms with Gasteiger partial charge in [0.15, 0.2) is 5.78 Å². The van der Waals surface area contributed by atoms with Crippen LogP contribution in [-0.2, 0) is 4.79 Å². The molecule has 0 aromatic heterocycles. The second-order valence-electron chi connectivity index (χ2n) is 6.96. The van der Waals surface area contributed by atoms with Gasteiger partial charge in [0.2, 0.25) is 5.91 Å². The first-order valence-corrected chi connectivity index (χ1v) is 9.63. The molecule has 0 saturated carbocycles. The molecule has 28 heavy (non-hydrogen) atoms. The van der Waals surface area contributed by atoms with Crippen LogP contribution in [0.15, 0.2) is 54.6 Å². The largest absolute Gasteiger partial charge is 0.492 e. The Morgan fingerprint density at radius 2 is 1.68 bits per heavy atom. The third-order valence-electron chi connectivity index (χ3n) is 4.80. The summed E-state index contributed by atoms with van der Waals surface area (Å²) < 4.78 is 5.75. The van der Waals surface area contributed by atoms with Crippen LogP contribution in [0.25, 0.3) is 0 Å². The summed E-state index contributed by atoms with van der Waals surface area (Å²) in [5.41, 5.74) is 1.26. The Kier molecular flexibility index (Phi) is 7.17. The van der Waals surface area contributed by atoms with Gasteiger partial charge in [-0.15, -0.1) is 0 Å². The zero-order chi connectivity index (χ0) is 19.8. The third kappa shape index (κ3) is 6.18. The fourth-order valence-corrected chi connectivity index (χ4v) is 3.20. The van der Waals surface area contributed by atoms with Gasteiger partial charge in [0.25, 0.3) is 0 Å². The second-order valence-corrected chi connectivity index (χ2v) is 6.96. The Labute approximate surface area is 166 Å². The van der Waals surface area contributed by atoms with E-state index >= 15 is 0 Å². The molecule has 148 valence electrons. The van der Waals surface area contributed by atoms with E-state index in [0.717, 1.165) is 38.5 Å². The maximum atomic E-state index is 12.3. The number of para-hydroxylation sites is 1. The monoisotopic (exact) mass is 381 g/mol. The number of amides is 1. The summed E-state index contributed by atoms with van der Waals surface area (Å²) in [5, 5.41) is 2.88. The zero-order valence-corrected chi connectivity index (χ0v) is 16.3. The molecule has 2 aromatic rings. The number of carbonyl (C=O) groups is 2. The van der Waals surface area contributed by atoms with Crippen molar-refractivity contribution in [3.63, 3.8) is 0 Å². The highest BCUT2D eigenvalue weighted by Gasteiger charge is 2.19. The molecule has 0 atom stereocenters. The van der Waals surface area contributed by atoms with Crippen LogP contribution in [0.1, 0.15) is 17.3 Å². The van der Waals surface area contributed by atoms with Gasteiger partial charge in [-0.05, 0) is 31.2 Å². The van der Waals surface area contributed by atoms with Crippen molar-refractivity contribution in [3.05, 3.63) is 60.2 Å². The Hall–Kier alpha value is -2.70. The van der Waals surface area contributed by atoms with E-state index in [0.29, 0.717) is 24.4 Å². The van der Waals surface area contributed by atoms with Gasteiger partial charge in [-0.3, -0.25) is 19.4 Å². The third-order valence-corrected chi connectivity index (χ3v) is 4.80. The highest BCUT2D eigenvalue weighted by atomic mass is 16.5. The molecule has 6 heteroatoms. The summed E-state index contributed by atoms with van der Waals surface area (Å²) in [6.45, 7) is 6.97. The summed E-state index contributed by atoms with van der Waals surface area (Å²) in [5.74, 6) is 0.830. The van der Waals surface area contributed by atoms with Gasteiger partial charge < -0.3 is 10.1 Å². The minimum atomic E-state index is -0.0541. The number of Topliss-reactive ketones (excluding diaryl/α,β-unsaturated/α-hetero) is 1. The van der Waals surface area contributed by atoms with Crippen LogP contribution in [-0.4, -0.2) is 67.4 Å². The molecule has 1 heterocycles. The van der Waals surface area contributed by atoms with Gasteiger partial charge in [-0.2, -0.15) is 0 Å². The first kappa shape index (κ1) is 20.0. The van der Waals surface area contributed by atoms with E-state index in [4.69, 9.17) is 4.74 Å². The minimum Gasteiger partial charge on any atom is -0.492 e. The molecule has 0 unspecified atom stereocenters. The number of rotatable bonds is 8. The van der Waals surface area contributed by atoms with Crippen LogP contribution >= 0.6 is 0 Å². The maximum absolute atomic E-state index is 12.3. The number of hydrogen-bond donors (Lipinski definition) is 1. The molecule has 0 radical (unpaired) electrons. The molecule has 1 aliphatic heterocycles. The van der Waals surface area contributed by atoms with Crippen LogP contribution < -0.4 is 10.1 Å². The van der Waals surface area contributed by atoms with Crippen molar-refractivity contribution in [1.29, 1.82) is 0 Å². The second kappa shape index (κ2) is 10.0. The number of nitrogens with zero attached hydrogens (tertiary/aromatic N) is 2. The van der Waals surface area contributed by atoms with Crippen LogP contribution in [0, 0.1) is 0 Å². The van der Waals surface area contributed by atoms with Crippen LogP contribution in [0.2, 0.25) is 0 Å². The highest BCUT2D eigenvalue weighted by Crippen LogP contribution is 2.12. The van der Waals surface area contributed by atoms with Gasteiger partial charge in [-0.25, -0.2) is 0 Å². The maximum Gasteiger partial charge on any atom is 0.238 e. The SMILES string of the molecule is CC(=O)c1cccc(NC(=O)CN2CCN(CCOc3ccccc3)CC2)c1. The lowest BCUT2D eigenvalue weighted by atomic mass is 10.1. The first-order chi connectivity index (χ1) is 13.6. The summed E-state index contributed by atoms with van der Waals surface area (Å²) in [6, 6.07) is 16.9. The quantitative estimate of drug-likeness (QED) is 0.712. The lowest BCUT2D eigenvalue weighted by Crippen LogP contribution is -2.49. The molecule has 0 bridgehead atoms. The molecule has 1 saturated heterocycles. The average Bonchev–Trinajstić information content (AvgIpc) is 2.70. The Morgan fingerprint density at radius 1 is 0.964 bits per heavy atom. The van der Waals surface area contributed by atoms with E-state index in [2.05, 4.69) is 15.1 Å². The lowest BCUT2D eigenvalue weighted by molar-refractivity contribution is -0.117. The number of ether oxygens (including phenoxy) is 1. The van der Waals surface area contributed by atoms with Crippen molar-refractivity contribution < 1.29 is 14.3 Å². The number of nitrogens with one attached hydrogen (secondary N) is 1. The topological polar surface area (TPSA) is 61.9 Å². The van der Waals surface area contributed by atoms with E-state index in [1.165, 1.54) is 6.92 Å². The van der Waals surface area contributed by atoms with Gasteiger partial charge in [0.1, 0.15) is 12.4 Å². The highest BCUT2D eigenvalue weighted by molar-refractivity contribution is 5.97. The summed E-state index contributed by atoms with van der Waals surface area (Å²) in [4.78, 5) is 28.3. The van der Waals surface area contributed by atoms with Crippen molar-refractivity contribution in [2.24, 2.45) is 0 Å². The van der Waals surface area contributed by atoms with Gasteiger partial charge in [-0.1, -0.05) is 30.3 Å². The molecule has 3 rings (SSSR count). The number of carbonyl (C=O) groups excluding carboxylic acids is 2. The Morgan fingerprint density at radius 3 is 2.39 bits per heavy atom. The Bertz CT molecular complexity index is 787. The number of ketones is 1. The van der Waals surface area contributed by atoms with Crippen molar-refractivity contribution in [1.82, 2.24) is 9.80 Å². The molecular formula is C22H27N3O3. The summed E-state index contributed by atoms with van der Waals surface area (Å²) >= 11 is 0. The predicted octanol–water partition coefficient (Wildman–Crippen LogP) is 2.52. The average molecular weight is 381 g/mol. The van der Waals surface area contributed by atoms with Crippen molar-refractivity contribution in [3.8, 4) is 5.75 Å². The van der Waals surface area contributed by atoms with Gasteiger partial charge >= 0.3 is 0 Å². The first-order valence-electron chi connectivity index (χ1n) is 9.63. The molecule has 6 nitrogen and oxygen atoms in total. The van der Waals surface area contributed by atoms with Gasteiger partial charge in [0.05, 0.1) is 6.54 Å². The number of hydrogen-bond acceptors (Lipinski definition) is 5. The molecule has 0 aliphatic carbocycles. The standard InChI is InChI=1S/C22H27N3O3/c1-18(26)19-6-5-7-20(16-19)23-22(27)17-25-12-10-24(11-13-25)14-15-28-21-8-3-2-4-9-21/h2-9,16H,10-15,17H2,1H3,(H,23,27). The van der Waals surface area contributed by atoms with Crippen LogP contribution in [0.3, 0.4) is 0 Å². The fraction of sp³-hybridized carbons (Fsp3) is 0.364. The number of anilines is 1. The molecule has 2 aromatic carbocycles. The zero-order valence-electron chi connectivity index (χ0n) is 16.3. The molecule has 1 fully saturated rings. The summed E-state index contributed by atoms with van der Waals surface area (Å²) in [7, 11) is 0. The molecular weight excluding hydrogens is 354 g/mol. The summed E-state index contributed by atoms with van der Waals surface area (Å²) in [6.07, 6.45) is 0. The fourth-order valence-electron chi connectivity index (χ4n) is 3.20. The van der Waals surface area contributed by atoms with Crippen molar-refractivity contribution >= 4 is 17.4 Å². The molecule has 1 aliphatic rings. The number of benzene rings is 2. The smallest absolute Gasteiger partial charge is 0.238 e. The van der Waals surface area contributed by atoms with Crippen molar-refractivity contribution in [2.75, 3.05) is 51.2 Å². The molecule has 1 amide bonds. The Balaban J connectivity index is 1.36. The van der Waals surface area contributed by atoms with Gasteiger partial charge in [0, 0.05) is 44.0 Å². The van der Waals surface area contributed by atoms with E-state index in [9.17, 15) is 9.59 Å². The number of piperazine rings is 1.